The lowest BCUT2D eigenvalue weighted by Gasteiger charge is -2.09. The number of aromatic carboxylic acids is 1. The fourth-order valence-corrected chi connectivity index (χ4v) is 3.24. The maximum Gasteiger partial charge on any atom is 0.338 e. The molecule has 0 amide bonds. The zero-order valence-electron chi connectivity index (χ0n) is 11.2. The Morgan fingerprint density at radius 1 is 1.35 bits per heavy atom. The highest BCUT2D eigenvalue weighted by molar-refractivity contribution is 7.98. The normalized spacial score (nSPS) is 10.6. The van der Waals surface area contributed by atoms with Crippen LogP contribution in [0.3, 0.4) is 0 Å². The molecule has 0 fully saturated rings. The molecule has 2 aromatic rings. The van der Waals surface area contributed by atoms with Crippen molar-refractivity contribution in [1.82, 2.24) is 4.98 Å². The van der Waals surface area contributed by atoms with Crippen LogP contribution in [0.2, 0.25) is 5.02 Å². The molecule has 1 aromatic carbocycles. The third kappa shape index (κ3) is 3.52. The Kier molecular flexibility index (Phi) is 4.68. The number of rotatable bonds is 4. The minimum atomic E-state index is -0.941. The van der Waals surface area contributed by atoms with Gasteiger partial charge in [-0.2, -0.15) is 0 Å². The predicted octanol–water partition coefficient (Wildman–Crippen LogP) is 4.34. The standard InChI is InChI=1S/C15H14ClNO2S/c1-9-6-10(2)17-14(13(9)15(18)19)20-8-11-4-3-5-12(16)7-11/h3-7H,8H2,1-2H3,(H,18,19). The van der Waals surface area contributed by atoms with Gasteiger partial charge in [0.1, 0.15) is 5.03 Å². The first-order valence-corrected chi connectivity index (χ1v) is 7.42. The summed E-state index contributed by atoms with van der Waals surface area (Å²) in [5, 5.41) is 10.5. The molecule has 0 atom stereocenters. The minimum absolute atomic E-state index is 0.280. The SMILES string of the molecule is Cc1cc(C)c(C(=O)O)c(SCc2cccc(Cl)c2)n1. The van der Waals surface area contributed by atoms with Gasteiger partial charge in [0.05, 0.1) is 5.56 Å². The molecule has 2 rings (SSSR count). The Balaban J connectivity index is 2.27. The second-order valence-corrected chi connectivity index (χ2v) is 5.88. The molecule has 0 aliphatic rings. The summed E-state index contributed by atoms with van der Waals surface area (Å²) in [5.41, 5.74) is 2.88. The molecule has 0 aliphatic heterocycles. The molecule has 104 valence electrons. The molecule has 3 nitrogen and oxygen atoms in total. The fourth-order valence-electron chi connectivity index (χ4n) is 1.95. The van der Waals surface area contributed by atoms with Gasteiger partial charge in [0.2, 0.25) is 0 Å². The number of aromatic nitrogens is 1. The number of hydrogen-bond donors (Lipinski definition) is 1. The molecule has 0 saturated heterocycles. The van der Waals surface area contributed by atoms with E-state index in [0.717, 1.165) is 16.8 Å². The summed E-state index contributed by atoms with van der Waals surface area (Å²) in [6, 6.07) is 9.31. The molecule has 1 N–H and O–H groups in total. The predicted molar refractivity (Wildman–Crippen MR) is 81.7 cm³/mol. The van der Waals surface area contributed by atoms with E-state index in [1.807, 2.05) is 31.2 Å². The van der Waals surface area contributed by atoms with Crippen LogP contribution in [0.25, 0.3) is 0 Å². The van der Waals surface area contributed by atoms with E-state index in [1.54, 1.807) is 13.0 Å². The summed E-state index contributed by atoms with van der Waals surface area (Å²) in [6.45, 7) is 3.66. The molecule has 0 radical (unpaired) electrons. The average Bonchev–Trinajstić information content (AvgIpc) is 2.35. The Morgan fingerprint density at radius 2 is 2.10 bits per heavy atom. The summed E-state index contributed by atoms with van der Waals surface area (Å²) in [6.07, 6.45) is 0. The van der Waals surface area contributed by atoms with Crippen molar-refractivity contribution in [3.8, 4) is 0 Å². The van der Waals surface area contributed by atoms with Crippen LogP contribution >= 0.6 is 23.4 Å². The van der Waals surface area contributed by atoms with Crippen molar-refractivity contribution in [2.24, 2.45) is 0 Å². The van der Waals surface area contributed by atoms with E-state index in [-0.39, 0.29) is 5.56 Å². The highest BCUT2D eigenvalue weighted by Crippen LogP contribution is 2.28. The Bertz CT molecular complexity index is 658. The zero-order valence-corrected chi connectivity index (χ0v) is 12.8. The van der Waals surface area contributed by atoms with Gasteiger partial charge in [-0.3, -0.25) is 0 Å². The van der Waals surface area contributed by atoms with E-state index in [9.17, 15) is 9.90 Å². The molecule has 0 aliphatic carbocycles. The molecule has 20 heavy (non-hydrogen) atoms. The van der Waals surface area contributed by atoms with E-state index in [2.05, 4.69) is 4.98 Å². The third-order valence-corrected chi connectivity index (χ3v) is 4.07. The van der Waals surface area contributed by atoms with E-state index < -0.39 is 5.97 Å². The summed E-state index contributed by atoms with van der Waals surface area (Å²) in [7, 11) is 0. The van der Waals surface area contributed by atoms with E-state index in [1.165, 1.54) is 11.8 Å². The number of hydrogen-bond acceptors (Lipinski definition) is 3. The fraction of sp³-hybridized carbons (Fsp3) is 0.200. The second-order valence-electron chi connectivity index (χ2n) is 4.48. The van der Waals surface area contributed by atoms with E-state index in [4.69, 9.17) is 11.6 Å². The van der Waals surface area contributed by atoms with Gasteiger partial charge in [-0.25, -0.2) is 9.78 Å². The van der Waals surface area contributed by atoms with Gasteiger partial charge in [-0.15, -0.1) is 11.8 Å². The molecule has 5 heteroatoms. The Labute approximate surface area is 127 Å². The van der Waals surface area contributed by atoms with Gasteiger partial charge < -0.3 is 5.11 Å². The number of carbonyl (C=O) groups is 1. The Hall–Kier alpha value is -1.52. The average molecular weight is 308 g/mol. The third-order valence-electron chi connectivity index (χ3n) is 2.79. The van der Waals surface area contributed by atoms with Crippen LogP contribution in [-0.4, -0.2) is 16.1 Å². The lowest BCUT2D eigenvalue weighted by Crippen LogP contribution is -2.05. The molecular weight excluding hydrogens is 294 g/mol. The van der Waals surface area contributed by atoms with Crippen LogP contribution in [0.5, 0.6) is 0 Å². The summed E-state index contributed by atoms with van der Waals surface area (Å²) in [4.78, 5) is 15.7. The number of aryl methyl sites for hydroxylation is 2. The molecule has 0 bridgehead atoms. The second kappa shape index (κ2) is 6.29. The van der Waals surface area contributed by atoms with Crippen LogP contribution in [0, 0.1) is 13.8 Å². The lowest BCUT2D eigenvalue weighted by molar-refractivity contribution is 0.0691. The maximum atomic E-state index is 11.3. The van der Waals surface area contributed by atoms with Crippen molar-refractivity contribution in [2.75, 3.05) is 0 Å². The number of halogens is 1. The largest absolute Gasteiger partial charge is 0.478 e. The van der Waals surface area contributed by atoms with E-state index in [0.29, 0.717) is 15.8 Å². The maximum absolute atomic E-state index is 11.3. The monoisotopic (exact) mass is 307 g/mol. The van der Waals surface area contributed by atoms with Crippen molar-refractivity contribution in [3.63, 3.8) is 0 Å². The first-order valence-electron chi connectivity index (χ1n) is 6.06. The van der Waals surface area contributed by atoms with Crippen LogP contribution in [-0.2, 0) is 5.75 Å². The summed E-state index contributed by atoms with van der Waals surface area (Å²) in [5.74, 6) is -0.305. The van der Waals surface area contributed by atoms with Crippen LogP contribution in [0.1, 0.15) is 27.2 Å². The van der Waals surface area contributed by atoms with Crippen molar-refractivity contribution >= 4 is 29.3 Å². The number of pyridine rings is 1. The lowest BCUT2D eigenvalue weighted by atomic mass is 10.1. The van der Waals surface area contributed by atoms with Crippen molar-refractivity contribution in [1.29, 1.82) is 0 Å². The highest BCUT2D eigenvalue weighted by Gasteiger charge is 2.16. The quantitative estimate of drug-likeness (QED) is 0.854. The van der Waals surface area contributed by atoms with Crippen molar-refractivity contribution in [2.45, 2.75) is 24.6 Å². The van der Waals surface area contributed by atoms with Crippen LogP contribution in [0.15, 0.2) is 35.4 Å². The highest BCUT2D eigenvalue weighted by atomic mass is 35.5. The minimum Gasteiger partial charge on any atom is -0.478 e. The number of nitrogens with zero attached hydrogens (tertiary/aromatic N) is 1. The number of thioether (sulfide) groups is 1. The molecule has 1 heterocycles. The smallest absolute Gasteiger partial charge is 0.338 e. The molecule has 0 saturated carbocycles. The van der Waals surface area contributed by atoms with Gasteiger partial charge in [0, 0.05) is 16.5 Å². The molecule has 0 spiro atoms. The van der Waals surface area contributed by atoms with Gasteiger partial charge in [-0.05, 0) is 43.2 Å². The van der Waals surface area contributed by atoms with Gasteiger partial charge >= 0.3 is 5.97 Å². The number of carboxylic acid groups (broad SMARTS) is 1. The van der Waals surface area contributed by atoms with Crippen molar-refractivity contribution in [3.05, 3.63) is 57.7 Å². The van der Waals surface area contributed by atoms with Crippen LogP contribution in [0.4, 0.5) is 0 Å². The summed E-state index contributed by atoms with van der Waals surface area (Å²) >= 11 is 7.35. The first kappa shape index (κ1) is 14.9. The van der Waals surface area contributed by atoms with E-state index >= 15 is 0 Å². The molecule has 0 unspecified atom stereocenters. The number of carboxylic acids is 1. The van der Waals surface area contributed by atoms with Gasteiger partial charge in [0.25, 0.3) is 0 Å². The molecular formula is C15H14ClNO2S. The molecule has 1 aromatic heterocycles. The number of benzene rings is 1. The Morgan fingerprint density at radius 3 is 2.75 bits per heavy atom. The zero-order chi connectivity index (χ0) is 14.7. The summed E-state index contributed by atoms with van der Waals surface area (Å²) < 4.78 is 0. The van der Waals surface area contributed by atoms with Crippen molar-refractivity contribution < 1.29 is 9.90 Å². The van der Waals surface area contributed by atoms with Gasteiger partial charge in [-0.1, -0.05) is 23.7 Å². The van der Waals surface area contributed by atoms with Crippen LogP contribution < -0.4 is 0 Å². The first-order chi connectivity index (χ1) is 9.47. The topological polar surface area (TPSA) is 50.2 Å². The van der Waals surface area contributed by atoms with Gasteiger partial charge in [0.15, 0.2) is 0 Å².